The van der Waals surface area contributed by atoms with E-state index in [1.807, 2.05) is 24.9 Å². The third-order valence-corrected chi connectivity index (χ3v) is 3.75. The first-order valence-electron chi connectivity index (χ1n) is 7.30. The van der Waals surface area contributed by atoms with Crippen molar-refractivity contribution in [2.75, 3.05) is 33.4 Å². The molecule has 0 spiro atoms. The van der Waals surface area contributed by atoms with Crippen LogP contribution >= 0.6 is 0 Å². The van der Waals surface area contributed by atoms with Crippen LogP contribution in [0.4, 0.5) is 0 Å². The molecule has 21 heavy (non-hydrogen) atoms. The number of carbonyl (C=O) groups excluding carboxylic acids is 1. The van der Waals surface area contributed by atoms with E-state index in [0.29, 0.717) is 32.6 Å². The number of aliphatic hydroxyl groups is 1. The molecule has 6 heteroatoms. The number of carbonyl (C=O) groups is 1. The Labute approximate surface area is 125 Å². The van der Waals surface area contributed by atoms with E-state index in [1.165, 1.54) is 0 Å². The zero-order valence-corrected chi connectivity index (χ0v) is 12.7. The monoisotopic (exact) mass is 296 g/mol. The molecule has 0 aliphatic carbocycles. The molecule has 2 rings (SSSR count). The van der Waals surface area contributed by atoms with E-state index in [4.69, 9.17) is 9.15 Å². The number of rotatable bonds is 6. The number of nitrogens with one attached hydrogen (secondary N) is 1. The molecule has 1 aromatic rings. The average molecular weight is 296 g/mol. The average Bonchev–Trinajstić information content (AvgIpc) is 2.92. The van der Waals surface area contributed by atoms with Gasteiger partial charge in [-0.3, -0.25) is 9.69 Å². The van der Waals surface area contributed by atoms with Gasteiger partial charge in [0.25, 0.3) is 0 Å². The second-order valence-electron chi connectivity index (χ2n) is 5.81. The van der Waals surface area contributed by atoms with Gasteiger partial charge in [-0.15, -0.1) is 0 Å². The summed E-state index contributed by atoms with van der Waals surface area (Å²) in [7, 11) is 1.84. The van der Waals surface area contributed by atoms with Crippen molar-refractivity contribution in [3.05, 3.63) is 24.2 Å². The largest absolute Gasteiger partial charge is 0.467 e. The molecule has 0 bridgehead atoms. The Morgan fingerprint density at radius 1 is 1.52 bits per heavy atom. The van der Waals surface area contributed by atoms with Gasteiger partial charge in [0.05, 0.1) is 24.5 Å². The van der Waals surface area contributed by atoms with E-state index in [0.717, 1.165) is 5.76 Å². The molecule has 1 fully saturated rings. The highest BCUT2D eigenvalue weighted by atomic mass is 16.5. The summed E-state index contributed by atoms with van der Waals surface area (Å²) in [6.45, 7) is 3.74. The number of hydrogen-bond donors (Lipinski definition) is 2. The molecule has 0 radical (unpaired) electrons. The normalized spacial score (nSPS) is 19.4. The van der Waals surface area contributed by atoms with Crippen LogP contribution in [-0.2, 0) is 9.53 Å². The molecular weight excluding hydrogens is 272 g/mol. The van der Waals surface area contributed by atoms with Crippen LogP contribution in [0.1, 0.15) is 31.6 Å². The van der Waals surface area contributed by atoms with Crippen molar-refractivity contribution < 1.29 is 19.1 Å². The molecule has 2 heterocycles. The molecule has 0 saturated carbocycles. The Kier molecular flexibility index (Phi) is 5.39. The van der Waals surface area contributed by atoms with E-state index in [-0.39, 0.29) is 18.5 Å². The van der Waals surface area contributed by atoms with E-state index >= 15 is 0 Å². The molecule has 6 nitrogen and oxygen atoms in total. The summed E-state index contributed by atoms with van der Waals surface area (Å²) in [5.41, 5.74) is -0.750. The highest BCUT2D eigenvalue weighted by Crippen LogP contribution is 2.21. The van der Waals surface area contributed by atoms with E-state index in [1.54, 1.807) is 12.3 Å². The van der Waals surface area contributed by atoms with Gasteiger partial charge >= 0.3 is 0 Å². The zero-order chi connectivity index (χ0) is 15.3. The fourth-order valence-corrected chi connectivity index (χ4v) is 2.61. The molecule has 2 N–H and O–H groups in total. The fraction of sp³-hybridized carbons (Fsp3) is 0.667. The first kappa shape index (κ1) is 16.0. The van der Waals surface area contributed by atoms with E-state index < -0.39 is 5.60 Å². The molecule has 1 aliphatic rings. The minimum Gasteiger partial charge on any atom is -0.467 e. The Balaban J connectivity index is 1.76. The van der Waals surface area contributed by atoms with Crippen LogP contribution in [0, 0.1) is 0 Å². The minimum absolute atomic E-state index is 0.0861. The standard InChI is InChI=1S/C15H24N2O4/c1-12(13-4-3-7-21-13)16-14(18)10-17(2)11-15(19)5-8-20-9-6-15/h3-4,7,12,19H,5-6,8-11H2,1-2H3,(H,16,18). The van der Waals surface area contributed by atoms with Crippen molar-refractivity contribution in [2.45, 2.75) is 31.4 Å². The van der Waals surface area contributed by atoms with Crippen LogP contribution in [0.25, 0.3) is 0 Å². The Bertz CT molecular complexity index is 441. The molecular formula is C15H24N2O4. The first-order valence-corrected chi connectivity index (χ1v) is 7.30. The maximum Gasteiger partial charge on any atom is 0.234 e. The summed E-state index contributed by atoms with van der Waals surface area (Å²) >= 11 is 0. The van der Waals surface area contributed by atoms with Gasteiger partial charge in [-0.1, -0.05) is 0 Å². The topological polar surface area (TPSA) is 74.9 Å². The lowest BCUT2D eigenvalue weighted by molar-refractivity contribution is -0.124. The zero-order valence-electron chi connectivity index (χ0n) is 12.7. The molecule has 118 valence electrons. The maximum absolute atomic E-state index is 12.0. The Morgan fingerprint density at radius 2 is 2.24 bits per heavy atom. The Morgan fingerprint density at radius 3 is 2.86 bits per heavy atom. The number of hydrogen-bond acceptors (Lipinski definition) is 5. The lowest BCUT2D eigenvalue weighted by Crippen LogP contribution is -2.48. The maximum atomic E-state index is 12.0. The summed E-state index contributed by atoms with van der Waals surface area (Å²) < 4.78 is 10.5. The van der Waals surface area contributed by atoms with Crippen molar-refractivity contribution in [3.63, 3.8) is 0 Å². The molecule has 1 aliphatic heterocycles. The van der Waals surface area contributed by atoms with Gasteiger partial charge in [-0.25, -0.2) is 0 Å². The first-order chi connectivity index (χ1) is 9.98. The van der Waals surface area contributed by atoms with E-state index in [9.17, 15) is 9.90 Å². The fourth-order valence-electron chi connectivity index (χ4n) is 2.61. The quantitative estimate of drug-likeness (QED) is 0.817. The van der Waals surface area contributed by atoms with Crippen LogP contribution in [-0.4, -0.2) is 54.9 Å². The SMILES string of the molecule is CC(NC(=O)CN(C)CC1(O)CCOCC1)c1ccco1. The smallest absolute Gasteiger partial charge is 0.234 e. The number of amides is 1. The van der Waals surface area contributed by atoms with Gasteiger partial charge in [0.15, 0.2) is 0 Å². The molecule has 1 amide bonds. The lowest BCUT2D eigenvalue weighted by atomic mass is 9.94. The number of likely N-dealkylation sites (N-methyl/N-ethyl adjacent to an activating group) is 1. The van der Waals surface area contributed by atoms with E-state index in [2.05, 4.69) is 5.32 Å². The second-order valence-corrected chi connectivity index (χ2v) is 5.81. The summed E-state index contributed by atoms with van der Waals surface area (Å²) in [6, 6.07) is 3.47. The highest BCUT2D eigenvalue weighted by molar-refractivity contribution is 5.78. The Hall–Kier alpha value is -1.37. The summed E-state index contributed by atoms with van der Waals surface area (Å²) in [5.74, 6) is 0.645. The van der Waals surface area contributed by atoms with Crippen LogP contribution in [0.3, 0.4) is 0 Å². The highest BCUT2D eigenvalue weighted by Gasteiger charge is 2.31. The summed E-state index contributed by atoms with van der Waals surface area (Å²) in [4.78, 5) is 13.8. The minimum atomic E-state index is -0.750. The number of ether oxygens (including phenoxy) is 1. The molecule has 1 aromatic heterocycles. The van der Waals surface area contributed by atoms with Crippen molar-refractivity contribution in [1.82, 2.24) is 10.2 Å². The van der Waals surface area contributed by atoms with Crippen LogP contribution in [0.5, 0.6) is 0 Å². The van der Waals surface area contributed by atoms with Gasteiger partial charge in [0.1, 0.15) is 5.76 Å². The lowest BCUT2D eigenvalue weighted by Gasteiger charge is -2.35. The third-order valence-electron chi connectivity index (χ3n) is 3.75. The van der Waals surface area contributed by atoms with Crippen molar-refractivity contribution >= 4 is 5.91 Å². The van der Waals surface area contributed by atoms with Gasteiger partial charge in [0.2, 0.25) is 5.91 Å². The second kappa shape index (κ2) is 7.06. The van der Waals surface area contributed by atoms with Crippen LogP contribution < -0.4 is 5.32 Å². The van der Waals surface area contributed by atoms with Crippen LogP contribution in [0.2, 0.25) is 0 Å². The van der Waals surface area contributed by atoms with Gasteiger partial charge < -0.3 is 19.6 Å². The summed E-state index contributed by atoms with van der Waals surface area (Å²) in [5, 5.41) is 13.3. The molecule has 1 atom stereocenters. The number of nitrogens with zero attached hydrogens (tertiary/aromatic N) is 1. The molecule has 1 saturated heterocycles. The van der Waals surface area contributed by atoms with Crippen molar-refractivity contribution in [2.24, 2.45) is 0 Å². The van der Waals surface area contributed by atoms with Crippen molar-refractivity contribution in [3.8, 4) is 0 Å². The van der Waals surface area contributed by atoms with Crippen LogP contribution in [0.15, 0.2) is 22.8 Å². The third kappa shape index (κ3) is 4.84. The summed E-state index contributed by atoms with van der Waals surface area (Å²) in [6.07, 6.45) is 2.81. The predicted octanol–water partition coefficient (Wildman–Crippen LogP) is 0.930. The van der Waals surface area contributed by atoms with Crippen molar-refractivity contribution in [1.29, 1.82) is 0 Å². The number of furan rings is 1. The van der Waals surface area contributed by atoms with Gasteiger partial charge in [-0.2, -0.15) is 0 Å². The predicted molar refractivity (Wildman–Crippen MR) is 77.8 cm³/mol. The van der Waals surface area contributed by atoms with Gasteiger partial charge in [-0.05, 0) is 26.1 Å². The molecule has 0 aromatic carbocycles. The van der Waals surface area contributed by atoms with Gasteiger partial charge in [0, 0.05) is 32.6 Å². The molecule has 1 unspecified atom stereocenters.